The molecule has 0 aliphatic heterocycles. The number of ether oxygens (including phenoxy) is 1. The Labute approximate surface area is 94.9 Å². The summed E-state index contributed by atoms with van der Waals surface area (Å²) in [6.45, 7) is 3.24. The third kappa shape index (κ3) is 4.08. The van der Waals surface area contributed by atoms with Crippen LogP contribution in [0.4, 0.5) is 5.69 Å². The van der Waals surface area contributed by atoms with Gasteiger partial charge in [-0.05, 0) is 31.2 Å². The van der Waals surface area contributed by atoms with Gasteiger partial charge in [-0.3, -0.25) is 0 Å². The van der Waals surface area contributed by atoms with Crippen LogP contribution in [0, 0.1) is 0 Å². The van der Waals surface area contributed by atoms with Crippen molar-refractivity contribution in [2.75, 3.05) is 18.5 Å². The van der Waals surface area contributed by atoms with Gasteiger partial charge in [0.05, 0.1) is 6.61 Å². The van der Waals surface area contributed by atoms with Gasteiger partial charge in [0.1, 0.15) is 11.6 Å². The van der Waals surface area contributed by atoms with E-state index >= 15 is 0 Å². The Kier molecular flexibility index (Phi) is 4.98. The van der Waals surface area contributed by atoms with Crippen molar-refractivity contribution in [3.05, 3.63) is 24.3 Å². The van der Waals surface area contributed by atoms with E-state index in [0.717, 1.165) is 11.4 Å². The molecule has 5 heteroatoms. The predicted molar refractivity (Wildman–Crippen MR) is 64.1 cm³/mol. The van der Waals surface area contributed by atoms with Crippen molar-refractivity contribution < 1.29 is 9.94 Å². The predicted octanol–water partition coefficient (Wildman–Crippen LogP) is 1.63. The molecule has 0 amide bonds. The molecule has 0 radical (unpaired) electrons. The van der Waals surface area contributed by atoms with Crippen LogP contribution in [0.5, 0.6) is 5.75 Å². The number of oxime groups is 1. The Bertz CT molecular complexity index is 336. The van der Waals surface area contributed by atoms with Crippen molar-refractivity contribution in [1.29, 1.82) is 0 Å². The largest absolute Gasteiger partial charge is 0.494 e. The van der Waals surface area contributed by atoms with E-state index in [4.69, 9.17) is 15.7 Å². The summed E-state index contributed by atoms with van der Waals surface area (Å²) in [5.41, 5.74) is 6.32. The number of anilines is 1. The Balaban J connectivity index is 2.37. The minimum Gasteiger partial charge on any atom is -0.494 e. The van der Waals surface area contributed by atoms with Crippen LogP contribution in [0.2, 0.25) is 0 Å². The first-order chi connectivity index (χ1) is 7.76. The van der Waals surface area contributed by atoms with Crippen LogP contribution in [0.25, 0.3) is 0 Å². The van der Waals surface area contributed by atoms with Crippen LogP contribution in [0.3, 0.4) is 0 Å². The van der Waals surface area contributed by atoms with Crippen molar-refractivity contribution in [2.24, 2.45) is 10.9 Å². The molecule has 0 heterocycles. The fourth-order valence-corrected chi connectivity index (χ4v) is 1.22. The molecule has 16 heavy (non-hydrogen) atoms. The summed E-state index contributed by atoms with van der Waals surface area (Å²) in [5.74, 6) is 1.07. The van der Waals surface area contributed by atoms with Crippen LogP contribution < -0.4 is 15.8 Å². The standard InChI is InChI=1S/C11H17N3O2/c1-2-16-10-5-3-9(4-6-10)13-8-7-11(12)14-15/h3-6,13,15H,2,7-8H2,1H3,(H2,12,14). The van der Waals surface area contributed by atoms with Crippen molar-refractivity contribution in [3.8, 4) is 5.75 Å². The number of hydrogen-bond donors (Lipinski definition) is 3. The molecule has 0 aliphatic rings. The maximum Gasteiger partial charge on any atom is 0.140 e. The van der Waals surface area contributed by atoms with Crippen molar-refractivity contribution in [3.63, 3.8) is 0 Å². The molecule has 1 aromatic rings. The molecule has 1 rings (SSSR count). The van der Waals surface area contributed by atoms with E-state index in [1.54, 1.807) is 0 Å². The smallest absolute Gasteiger partial charge is 0.140 e. The van der Waals surface area contributed by atoms with Crippen LogP contribution in [0.1, 0.15) is 13.3 Å². The minimum absolute atomic E-state index is 0.221. The first-order valence-electron chi connectivity index (χ1n) is 5.19. The monoisotopic (exact) mass is 223 g/mol. The summed E-state index contributed by atoms with van der Waals surface area (Å²) in [6, 6.07) is 7.65. The summed E-state index contributed by atoms with van der Waals surface area (Å²) in [7, 11) is 0. The average Bonchev–Trinajstić information content (AvgIpc) is 2.31. The molecule has 0 aliphatic carbocycles. The van der Waals surface area contributed by atoms with Gasteiger partial charge in [-0.2, -0.15) is 0 Å². The minimum atomic E-state index is 0.221. The second-order valence-electron chi connectivity index (χ2n) is 3.23. The second-order valence-corrected chi connectivity index (χ2v) is 3.23. The Hall–Kier alpha value is -1.91. The van der Waals surface area contributed by atoms with Gasteiger partial charge in [-0.15, -0.1) is 0 Å². The van der Waals surface area contributed by atoms with E-state index in [-0.39, 0.29) is 5.84 Å². The van der Waals surface area contributed by atoms with Gasteiger partial charge in [0.15, 0.2) is 0 Å². The first kappa shape index (κ1) is 12.2. The SMILES string of the molecule is CCOc1ccc(NCCC(N)=NO)cc1. The molecular weight excluding hydrogens is 206 g/mol. The maximum atomic E-state index is 8.35. The second kappa shape index (κ2) is 6.55. The van der Waals surface area contributed by atoms with E-state index < -0.39 is 0 Å². The lowest BCUT2D eigenvalue weighted by Crippen LogP contribution is -2.16. The number of nitrogens with zero attached hydrogens (tertiary/aromatic N) is 1. The lowest BCUT2D eigenvalue weighted by Gasteiger charge is -2.07. The molecule has 0 fully saturated rings. The molecule has 0 aromatic heterocycles. The lowest BCUT2D eigenvalue weighted by molar-refractivity contribution is 0.317. The number of hydrogen-bond acceptors (Lipinski definition) is 4. The molecule has 0 unspecified atom stereocenters. The molecule has 0 bridgehead atoms. The summed E-state index contributed by atoms with van der Waals surface area (Å²) in [6.07, 6.45) is 0.504. The molecule has 0 spiro atoms. The first-order valence-corrected chi connectivity index (χ1v) is 5.19. The average molecular weight is 223 g/mol. The Morgan fingerprint density at radius 1 is 1.44 bits per heavy atom. The molecule has 0 saturated carbocycles. The van der Waals surface area contributed by atoms with Gasteiger partial charge >= 0.3 is 0 Å². The van der Waals surface area contributed by atoms with Crippen LogP contribution in [-0.4, -0.2) is 24.2 Å². The van der Waals surface area contributed by atoms with Crippen molar-refractivity contribution >= 4 is 11.5 Å². The highest BCUT2D eigenvalue weighted by atomic mass is 16.5. The zero-order valence-electron chi connectivity index (χ0n) is 9.31. The fraction of sp³-hybridized carbons (Fsp3) is 0.364. The third-order valence-electron chi connectivity index (χ3n) is 2.00. The zero-order chi connectivity index (χ0) is 11.8. The normalized spacial score (nSPS) is 11.2. The summed E-state index contributed by atoms with van der Waals surface area (Å²) < 4.78 is 5.32. The molecule has 4 N–H and O–H groups in total. The number of amidine groups is 1. The van der Waals surface area contributed by atoms with Crippen molar-refractivity contribution in [2.45, 2.75) is 13.3 Å². The zero-order valence-corrected chi connectivity index (χ0v) is 9.31. The van der Waals surface area contributed by atoms with Crippen molar-refractivity contribution in [1.82, 2.24) is 0 Å². The van der Waals surface area contributed by atoms with Gasteiger partial charge in [0, 0.05) is 18.7 Å². The van der Waals surface area contributed by atoms with E-state index in [0.29, 0.717) is 19.6 Å². The van der Waals surface area contributed by atoms with Gasteiger partial charge in [0.25, 0.3) is 0 Å². The molecule has 0 saturated heterocycles. The molecule has 1 aromatic carbocycles. The molecule has 88 valence electrons. The van der Waals surface area contributed by atoms with Crippen LogP contribution >= 0.6 is 0 Å². The Morgan fingerprint density at radius 3 is 2.69 bits per heavy atom. The third-order valence-corrected chi connectivity index (χ3v) is 2.00. The van der Waals surface area contributed by atoms with E-state index in [2.05, 4.69) is 10.5 Å². The molecular formula is C11H17N3O2. The number of nitrogens with two attached hydrogens (primary N) is 1. The van der Waals surface area contributed by atoms with E-state index in [1.165, 1.54) is 0 Å². The van der Waals surface area contributed by atoms with Crippen LogP contribution in [0.15, 0.2) is 29.4 Å². The highest BCUT2D eigenvalue weighted by molar-refractivity contribution is 5.80. The highest BCUT2D eigenvalue weighted by Gasteiger charge is 1.95. The maximum absolute atomic E-state index is 8.35. The van der Waals surface area contributed by atoms with Gasteiger partial charge < -0.3 is 21.0 Å². The summed E-state index contributed by atoms with van der Waals surface area (Å²) in [5, 5.41) is 14.4. The topological polar surface area (TPSA) is 79.9 Å². The summed E-state index contributed by atoms with van der Waals surface area (Å²) in [4.78, 5) is 0. The Morgan fingerprint density at radius 2 is 2.12 bits per heavy atom. The fourth-order valence-electron chi connectivity index (χ4n) is 1.22. The van der Waals surface area contributed by atoms with E-state index in [9.17, 15) is 0 Å². The summed E-state index contributed by atoms with van der Waals surface area (Å²) >= 11 is 0. The van der Waals surface area contributed by atoms with Gasteiger partial charge in [-0.1, -0.05) is 5.16 Å². The number of rotatable bonds is 6. The number of benzene rings is 1. The molecule has 0 atom stereocenters. The van der Waals surface area contributed by atoms with Gasteiger partial charge in [-0.25, -0.2) is 0 Å². The lowest BCUT2D eigenvalue weighted by atomic mass is 10.3. The highest BCUT2D eigenvalue weighted by Crippen LogP contribution is 2.15. The number of nitrogens with one attached hydrogen (secondary N) is 1. The van der Waals surface area contributed by atoms with E-state index in [1.807, 2.05) is 31.2 Å². The quantitative estimate of drug-likeness (QED) is 0.296. The van der Waals surface area contributed by atoms with Gasteiger partial charge in [0.2, 0.25) is 0 Å². The van der Waals surface area contributed by atoms with Crippen LogP contribution in [-0.2, 0) is 0 Å². The molecule has 5 nitrogen and oxygen atoms in total.